The number of benzene rings is 2. The smallest absolute Gasteiger partial charge is 0.258 e. The molecule has 2 aromatic carbocycles. The molecule has 0 saturated carbocycles. The van der Waals surface area contributed by atoms with Crippen molar-refractivity contribution in [1.82, 2.24) is 5.32 Å². The normalized spacial score (nSPS) is 11.7. The highest BCUT2D eigenvalue weighted by atomic mass is 16.5. The Balaban J connectivity index is 1.76. The van der Waals surface area contributed by atoms with Gasteiger partial charge in [-0.25, -0.2) is 0 Å². The first-order valence-electron chi connectivity index (χ1n) is 8.13. The Labute approximate surface area is 143 Å². The Morgan fingerprint density at radius 3 is 2.38 bits per heavy atom. The highest BCUT2D eigenvalue weighted by Crippen LogP contribution is 2.17. The van der Waals surface area contributed by atoms with E-state index in [9.17, 15) is 4.79 Å². The number of carbonyl (C=O) groups excluding carboxylic acids is 1. The zero-order valence-electron chi connectivity index (χ0n) is 14.8. The van der Waals surface area contributed by atoms with Crippen LogP contribution < -0.4 is 14.8 Å². The molecule has 0 aromatic heterocycles. The van der Waals surface area contributed by atoms with E-state index in [1.807, 2.05) is 64.1 Å². The highest BCUT2D eigenvalue weighted by Gasteiger charge is 2.10. The van der Waals surface area contributed by atoms with Crippen LogP contribution in [0.5, 0.6) is 11.5 Å². The summed E-state index contributed by atoms with van der Waals surface area (Å²) >= 11 is 0. The van der Waals surface area contributed by atoms with Crippen molar-refractivity contribution in [2.24, 2.45) is 0 Å². The van der Waals surface area contributed by atoms with E-state index in [1.165, 1.54) is 0 Å². The average Bonchev–Trinajstić information content (AvgIpc) is 2.51. The van der Waals surface area contributed by atoms with Crippen molar-refractivity contribution in [3.63, 3.8) is 0 Å². The lowest BCUT2D eigenvalue weighted by molar-refractivity contribution is -0.123. The zero-order chi connectivity index (χ0) is 17.5. The fourth-order valence-electron chi connectivity index (χ4n) is 2.46. The molecule has 0 saturated heterocycles. The van der Waals surface area contributed by atoms with Gasteiger partial charge in [-0.05, 0) is 62.6 Å². The van der Waals surface area contributed by atoms with Crippen LogP contribution >= 0.6 is 0 Å². The van der Waals surface area contributed by atoms with E-state index in [1.54, 1.807) is 0 Å². The maximum atomic E-state index is 12.0. The standard InChI is InChI=1S/C20H25NO3/c1-14-9-15(2)11-18(10-14)23-13-20(22)21-17(4)12-24-19-8-6-5-7-16(19)3/h5-11,17H,12-13H2,1-4H3,(H,21,22)/t17-/m0/s1. The van der Waals surface area contributed by atoms with Crippen LogP contribution in [0.25, 0.3) is 0 Å². The van der Waals surface area contributed by atoms with E-state index in [2.05, 4.69) is 11.4 Å². The quantitative estimate of drug-likeness (QED) is 0.845. The number of rotatable bonds is 7. The number of nitrogens with one attached hydrogen (secondary N) is 1. The second-order valence-corrected chi connectivity index (χ2v) is 6.16. The maximum Gasteiger partial charge on any atom is 0.258 e. The van der Waals surface area contributed by atoms with Gasteiger partial charge in [0.15, 0.2) is 6.61 Å². The van der Waals surface area contributed by atoms with Crippen LogP contribution in [-0.2, 0) is 4.79 Å². The number of aryl methyl sites for hydroxylation is 3. The van der Waals surface area contributed by atoms with Crippen LogP contribution in [-0.4, -0.2) is 25.2 Å². The Morgan fingerprint density at radius 2 is 1.71 bits per heavy atom. The van der Waals surface area contributed by atoms with Gasteiger partial charge in [0.1, 0.15) is 18.1 Å². The molecular weight excluding hydrogens is 302 g/mol. The van der Waals surface area contributed by atoms with Gasteiger partial charge in [-0.2, -0.15) is 0 Å². The molecule has 0 fully saturated rings. The highest BCUT2D eigenvalue weighted by molar-refractivity contribution is 5.77. The van der Waals surface area contributed by atoms with Gasteiger partial charge in [0.05, 0.1) is 6.04 Å². The summed E-state index contributed by atoms with van der Waals surface area (Å²) in [5.74, 6) is 1.39. The lowest BCUT2D eigenvalue weighted by Gasteiger charge is -2.16. The first-order valence-corrected chi connectivity index (χ1v) is 8.13. The number of para-hydroxylation sites is 1. The van der Waals surface area contributed by atoms with Crippen molar-refractivity contribution in [3.8, 4) is 11.5 Å². The molecule has 0 spiro atoms. The van der Waals surface area contributed by atoms with E-state index in [0.29, 0.717) is 12.4 Å². The monoisotopic (exact) mass is 327 g/mol. The van der Waals surface area contributed by atoms with Crippen LogP contribution in [0.3, 0.4) is 0 Å². The second-order valence-electron chi connectivity index (χ2n) is 6.16. The number of hydrogen-bond donors (Lipinski definition) is 1. The van der Waals surface area contributed by atoms with Crippen LogP contribution in [0.15, 0.2) is 42.5 Å². The van der Waals surface area contributed by atoms with Crippen molar-refractivity contribution in [2.75, 3.05) is 13.2 Å². The van der Waals surface area contributed by atoms with Gasteiger partial charge in [0.25, 0.3) is 5.91 Å². The Kier molecular flexibility index (Phi) is 6.24. The SMILES string of the molecule is Cc1cc(C)cc(OCC(=O)N[C@@H](C)COc2ccccc2C)c1. The predicted molar refractivity (Wildman–Crippen MR) is 95.7 cm³/mol. The maximum absolute atomic E-state index is 12.0. The molecule has 0 heterocycles. The summed E-state index contributed by atoms with van der Waals surface area (Å²) in [5.41, 5.74) is 3.31. The third-order valence-corrected chi connectivity index (χ3v) is 3.55. The molecule has 4 heteroatoms. The first kappa shape index (κ1) is 17.9. The van der Waals surface area contributed by atoms with Gasteiger partial charge in [-0.3, -0.25) is 4.79 Å². The first-order chi connectivity index (χ1) is 11.4. The van der Waals surface area contributed by atoms with Crippen molar-refractivity contribution < 1.29 is 14.3 Å². The van der Waals surface area contributed by atoms with Crippen LogP contribution in [0.4, 0.5) is 0 Å². The lowest BCUT2D eigenvalue weighted by atomic mass is 10.1. The van der Waals surface area contributed by atoms with Crippen molar-refractivity contribution in [2.45, 2.75) is 33.7 Å². The van der Waals surface area contributed by atoms with Gasteiger partial charge in [-0.15, -0.1) is 0 Å². The lowest BCUT2D eigenvalue weighted by Crippen LogP contribution is -2.39. The number of ether oxygens (including phenoxy) is 2. The predicted octanol–water partition coefficient (Wildman–Crippen LogP) is 3.57. The van der Waals surface area contributed by atoms with E-state index in [-0.39, 0.29) is 18.6 Å². The summed E-state index contributed by atoms with van der Waals surface area (Å²) in [6, 6.07) is 13.6. The minimum atomic E-state index is -0.157. The molecule has 0 aliphatic rings. The molecule has 1 atom stereocenters. The van der Waals surface area contributed by atoms with Gasteiger partial charge < -0.3 is 14.8 Å². The molecule has 128 valence electrons. The minimum absolute atomic E-state index is 0.00238. The third-order valence-electron chi connectivity index (χ3n) is 3.55. The molecular formula is C20H25NO3. The molecule has 0 unspecified atom stereocenters. The number of amides is 1. The minimum Gasteiger partial charge on any atom is -0.491 e. The van der Waals surface area contributed by atoms with Crippen LogP contribution in [0, 0.1) is 20.8 Å². The molecule has 4 nitrogen and oxygen atoms in total. The summed E-state index contributed by atoms with van der Waals surface area (Å²) in [5, 5.41) is 2.88. The van der Waals surface area contributed by atoms with Crippen LogP contribution in [0.1, 0.15) is 23.6 Å². The molecule has 1 amide bonds. The summed E-state index contributed by atoms with van der Waals surface area (Å²) < 4.78 is 11.3. The summed E-state index contributed by atoms with van der Waals surface area (Å²) in [4.78, 5) is 12.0. The van der Waals surface area contributed by atoms with Crippen molar-refractivity contribution in [1.29, 1.82) is 0 Å². The zero-order valence-corrected chi connectivity index (χ0v) is 14.8. The Morgan fingerprint density at radius 1 is 1.04 bits per heavy atom. The molecule has 2 rings (SSSR count). The molecule has 0 aliphatic carbocycles. The molecule has 0 radical (unpaired) electrons. The summed E-state index contributed by atoms with van der Waals surface area (Å²) in [6.07, 6.45) is 0. The van der Waals surface area contributed by atoms with Gasteiger partial charge in [-0.1, -0.05) is 24.3 Å². The largest absolute Gasteiger partial charge is 0.491 e. The summed E-state index contributed by atoms with van der Waals surface area (Å²) in [6.45, 7) is 8.33. The number of hydrogen-bond acceptors (Lipinski definition) is 3. The molecule has 24 heavy (non-hydrogen) atoms. The molecule has 0 bridgehead atoms. The van der Waals surface area contributed by atoms with Crippen molar-refractivity contribution in [3.05, 3.63) is 59.2 Å². The number of carbonyl (C=O) groups is 1. The Hall–Kier alpha value is -2.49. The van der Waals surface area contributed by atoms with Gasteiger partial charge in [0, 0.05) is 0 Å². The molecule has 0 aliphatic heterocycles. The Bertz CT molecular complexity index is 677. The van der Waals surface area contributed by atoms with E-state index >= 15 is 0 Å². The second kappa shape index (κ2) is 8.39. The summed E-state index contributed by atoms with van der Waals surface area (Å²) in [7, 11) is 0. The fraction of sp³-hybridized carbons (Fsp3) is 0.350. The third kappa shape index (κ3) is 5.61. The fourth-order valence-corrected chi connectivity index (χ4v) is 2.46. The van der Waals surface area contributed by atoms with Crippen LogP contribution in [0.2, 0.25) is 0 Å². The topological polar surface area (TPSA) is 47.6 Å². The molecule has 1 N–H and O–H groups in total. The van der Waals surface area contributed by atoms with Gasteiger partial charge in [0.2, 0.25) is 0 Å². The van der Waals surface area contributed by atoms with E-state index in [4.69, 9.17) is 9.47 Å². The van der Waals surface area contributed by atoms with E-state index < -0.39 is 0 Å². The van der Waals surface area contributed by atoms with E-state index in [0.717, 1.165) is 22.4 Å². The average molecular weight is 327 g/mol. The van der Waals surface area contributed by atoms with Gasteiger partial charge >= 0.3 is 0 Å². The van der Waals surface area contributed by atoms with Crippen molar-refractivity contribution >= 4 is 5.91 Å². The molecule has 2 aromatic rings.